The number of ether oxygens (including phenoxy) is 1. The molecule has 2 heterocycles. The van der Waals surface area contributed by atoms with Gasteiger partial charge in [-0.2, -0.15) is 0 Å². The molecule has 0 N–H and O–H groups in total. The summed E-state index contributed by atoms with van der Waals surface area (Å²) in [5, 5.41) is 9.98. The summed E-state index contributed by atoms with van der Waals surface area (Å²) in [6, 6.07) is 25.3. The van der Waals surface area contributed by atoms with E-state index < -0.39 is 5.97 Å². The molecule has 4 rings (SSSR count). The first-order valence-electron chi connectivity index (χ1n) is 8.05. The molecule has 0 radical (unpaired) electrons. The highest BCUT2D eigenvalue weighted by Crippen LogP contribution is 2.24. The zero-order valence-corrected chi connectivity index (χ0v) is 14.5. The lowest BCUT2D eigenvalue weighted by atomic mass is 10.0. The van der Waals surface area contributed by atoms with Gasteiger partial charge in [0.15, 0.2) is 0 Å². The van der Waals surface area contributed by atoms with E-state index in [2.05, 4.69) is 34.5 Å². The Kier molecular flexibility index (Phi) is 4.53. The maximum atomic E-state index is 11.9. The van der Waals surface area contributed by atoms with Gasteiger partial charge in [-0.1, -0.05) is 60.7 Å². The van der Waals surface area contributed by atoms with Crippen molar-refractivity contribution in [3.63, 3.8) is 0 Å². The summed E-state index contributed by atoms with van der Waals surface area (Å²) in [4.78, 5) is 12.5. The van der Waals surface area contributed by atoms with Gasteiger partial charge in [0.2, 0.25) is 5.88 Å². The molecule has 0 amide bonds. The van der Waals surface area contributed by atoms with Gasteiger partial charge >= 0.3 is 5.97 Å². The van der Waals surface area contributed by atoms with Crippen molar-refractivity contribution >= 4 is 17.3 Å². The number of rotatable bonds is 4. The lowest BCUT2D eigenvalue weighted by Crippen LogP contribution is -2.08. The standard InChI is InChI=1S/C21H14N2O2S/c24-21(19-7-4-14-26-19)25-20-13-12-18(22-23-20)17-10-8-16(9-11-17)15-5-2-1-3-6-15/h1-14H. The lowest BCUT2D eigenvalue weighted by Gasteiger charge is -2.05. The highest BCUT2D eigenvalue weighted by Gasteiger charge is 2.11. The first-order chi connectivity index (χ1) is 12.8. The lowest BCUT2D eigenvalue weighted by molar-refractivity contribution is 0.0731. The van der Waals surface area contributed by atoms with Crippen molar-refractivity contribution in [3.05, 3.63) is 89.1 Å². The van der Waals surface area contributed by atoms with E-state index in [0.29, 0.717) is 4.88 Å². The molecule has 126 valence electrons. The number of hydrogen-bond donors (Lipinski definition) is 0. The molecular formula is C21H14N2O2S. The Morgan fingerprint density at radius 2 is 1.46 bits per heavy atom. The van der Waals surface area contributed by atoms with Crippen LogP contribution in [-0.4, -0.2) is 16.2 Å². The summed E-state index contributed by atoms with van der Waals surface area (Å²) in [6.45, 7) is 0. The van der Waals surface area contributed by atoms with Crippen LogP contribution in [0, 0.1) is 0 Å². The van der Waals surface area contributed by atoms with Gasteiger partial charge in [-0.3, -0.25) is 0 Å². The second kappa shape index (κ2) is 7.29. The number of benzene rings is 2. The van der Waals surface area contributed by atoms with E-state index in [9.17, 15) is 4.79 Å². The molecule has 0 aliphatic rings. The molecule has 4 nitrogen and oxygen atoms in total. The number of hydrogen-bond acceptors (Lipinski definition) is 5. The predicted molar refractivity (Wildman–Crippen MR) is 102 cm³/mol. The summed E-state index contributed by atoms with van der Waals surface area (Å²) in [6.07, 6.45) is 0. The van der Waals surface area contributed by atoms with Crippen LogP contribution in [0.4, 0.5) is 0 Å². The van der Waals surface area contributed by atoms with Crippen molar-refractivity contribution in [1.82, 2.24) is 10.2 Å². The Labute approximate surface area is 154 Å². The van der Waals surface area contributed by atoms with Crippen LogP contribution in [0.25, 0.3) is 22.4 Å². The fraction of sp³-hybridized carbons (Fsp3) is 0. The highest BCUT2D eigenvalue weighted by atomic mass is 32.1. The van der Waals surface area contributed by atoms with Crippen LogP contribution in [-0.2, 0) is 0 Å². The molecule has 26 heavy (non-hydrogen) atoms. The molecule has 0 spiro atoms. The summed E-state index contributed by atoms with van der Waals surface area (Å²) in [7, 11) is 0. The monoisotopic (exact) mass is 358 g/mol. The fourth-order valence-corrected chi connectivity index (χ4v) is 3.13. The highest BCUT2D eigenvalue weighted by molar-refractivity contribution is 7.12. The maximum absolute atomic E-state index is 11.9. The van der Waals surface area contributed by atoms with Gasteiger partial charge < -0.3 is 4.74 Å². The number of aromatic nitrogens is 2. The number of nitrogens with zero attached hydrogens (tertiary/aromatic N) is 2. The van der Waals surface area contributed by atoms with Crippen LogP contribution < -0.4 is 4.74 Å². The third-order valence-corrected chi connectivity index (χ3v) is 4.70. The number of carbonyl (C=O) groups excluding carboxylic acids is 1. The predicted octanol–water partition coefficient (Wildman–Crippen LogP) is 5.09. The van der Waals surface area contributed by atoms with Crippen LogP contribution in [0.2, 0.25) is 0 Å². The van der Waals surface area contributed by atoms with Crippen LogP contribution in [0.1, 0.15) is 9.67 Å². The van der Waals surface area contributed by atoms with Crippen LogP contribution in [0.15, 0.2) is 84.2 Å². The van der Waals surface area contributed by atoms with E-state index in [1.807, 2.05) is 35.7 Å². The molecule has 0 bridgehead atoms. The van der Waals surface area contributed by atoms with E-state index in [0.717, 1.165) is 16.8 Å². The largest absolute Gasteiger partial charge is 0.402 e. The second-order valence-electron chi connectivity index (χ2n) is 5.57. The van der Waals surface area contributed by atoms with Gasteiger partial charge in [-0.05, 0) is 28.6 Å². The van der Waals surface area contributed by atoms with Crippen LogP contribution >= 0.6 is 11.3 Å². The quantitative estimate of drug-likeness (QED) is 0.477. The first kappa shape index (κ1) is 16.2. The van der Waals surface area contributed by atoms with Gasteiger partial charge in [-0.25, -0.2) is 4.79 Å². The topological polar surface area (TPSA) is 52.1 Å². The van der Waals surface area contributed by atoms with E-state index in [-0.39, 0.29) is 5.88 Å². The molecule has 0 aliphatic heterocycles. The minimum Gasteiger partial charge on any atom is -0.402 e. The van der Waals surface area contributed by atoms with Gasteiger partial charge in [0.1, 0.15) is 4.88 Å². The molecule has 2 aromatic heterocycles. The number of thiophene rings is 1. The summed E-state index contributed by atoms with van der Waals surface area (Å²) >= 11 is 1.33. The Hall–Kier alpha value is -3.31. The molecule has 0 saturated heterocycles. The van der Waals surface area contributed by atoms with Crippen molar-refractivity contribution in [1.29, 1.82) is 0 Å². The Morgan fingerprint density at radius 3 is 2.12 bits per heavy atom. The van der Waals surface area contributed by atoms with Crippen LogP contribution in [0.3, 0.4) is 0 Å². The SMILES string of the molecule is O=C(Oc1ccc(-c2ccc(-c3ccccc3)cc2)nn1)c1cccs1. The van der Waals surface area contributed by atoms with Crippen LogP contribution in [0.5, 0.6) is 5.88 Å². The maximum Gasteiger partial charge on any atom is 0.355 e. The van der Waals surface area contributed by atoms with E-state index >= 15 is 0 Å². The zero-order valence-electron chi connectivity index (χ0n) is 13.7. The van der Waals surface area contributed by atoms with Gasteiger partial charge in [0.05, 0.1) is 5.69 Å². The molecule has 0 fully saturated rings. The second-order valence-corrected chi connectivity index (χ2v) is 6.51. The third kappa shape index (κ3) is 3.53. The average molecular weight is 358 g/mol. The summed E-state index contributed by atoms with van der Waals surface area (Å²) in [5.74, 6) is -0.234. The summed E-state index contributed by atoms with van der Waals surface area (Å²) < 4.78 is 5.22. The third-order valence-electron chi connectivity index (χ3n) is 3.85. The Morgan fingerprint density at radius 1 is 0.731 bits per heavy atom. The van der Waals surface area contributed by atoms with Crippen molar-refractivity contribution in [2.45, 2.75) is 0 Å². The van der Waals surface area contributed by atoms with Gasteiger partial charge in [-0.15, -0.1) is 21.5 Å². The smallest absolute Gasteiger partial charge is 0.355 e. The number of carbonyl (C=O) groups is 1. The molecule has 2 aromatic carbocycles. The normalized spacial score (nSPS) is 10.5. The van der Waals surface area contributed by atoms with Gasteiger partial charge in [0.25, 0.3) is 0 Å². The molecule has 0 unspecified atom stereocenters. The van der Waals surface area contributed by atoms with Gasteiger partial charge in [0, 0.05) is 11.6 Å². The first-order valence-corrected chi connectivity index (χ1v) is 8.93. The molecule has 0 aliphatic carbocycles. The average Bonchev–Trinajstić information content (AvgIpc) is 3.25. The molecule has 4 aromatic rings. The van der Waals surface area contributed by atoms with Crippen molar-refractivity contribution in [2.75, 3.05) is 0 Å². The molecule has 5 heteroatoms. The van der Waals surface area contributed by atoms with E-state index in [4.69, 9.17) is 4.74 Å². The van der Waals surface area contributed by atoms with Crippen molar-refractivity contribution in [2.24, 2.45) is 0 Å². The van der Waals surface area contributed by atoms with E-state index in [1.165, 1.54) is 16.9 Å². The Balaban J connectivity index is 1.49. The fourth-order valence-electron chi connectivity index (χ4n) is 2.53. The van der Waals surface area contributed by atoms with E-state index in [1.54, 1.807) is 24.3 Å². The molecular weight excluding hydrogens is 344 g/mol. The minimum atomic E-state index is -0.422. The number of esters is 1. The Bertz CT molecular complexity index is 996. The zero-order chi connectivity index (χ0) is 17.8. The van der Waals surface area contributed by atoms with Crippen molar-refractivity contribution < 1.29 is 9.53 Å². The molecule has 0 saturated carbocycles. The molecule has 0 atom stereocenters. The summed E-state index contributed by atoms with van der Waals surface area (Å²) in [5.41, 5.74) is 3.98. The van der Waals surface area contributed by atoms with Crippen molar-refractivity contribution in [3.8, 4) is 28.3 Å². The minimum absolute atomic E-state index is 0.188.